The van der Waals surface area contributed by atoms with Crippen molar-refractivity contribution in [3.8, 4) is 0 Å². The summed E-state index contributed by atoms with van der Waals surface area (Å²) in [5, 5.41) is 0. The molecule has 1 aliphatic rings. The summed E-state index contributed by atoms with van der Waals surface area (Å²) in [4.78, 5) is 29.2. The molecule has 0 aliphatic carbocycles. The van der Waals surface area contributed by atoms with Crippen LogP contribution in [-0.2, 0) is 0 Å². The van der Waals surface area contributed by atoms with Gasteiger partial charge < -0.3 is 0 Å². The fourth-order valence-electron chi connectivity index (χ4n) is 4.44. The maximum absolute atomic E-state index is 13.6. The van der Waals surface area contributed by atoms with E-state index >= 15 is 0 Å². The van der Waals surface area contributed by atoms with Gasteiger partial charge in [-0.2, -0.15) is 0 Å². The van der Waals surface area contributed by atoms with Crippen LogP contribution in [0.25, 0.3) is 0 Å². The van der Waals surface area contributed by atoms with E-state index in [1.54, 1.807) is 0 Å². The van der Waals surface area contributed by atoms with Gasteiger partial charge in [0.1, 0.15) is 0 Å². The topological polar surface area (TPSA) is 37.4 Å². The molecule has 0 spiro atoms. The van der Waals surface area contributed by atoms with Crippen molar-refractivity contribution in [2.75, 3.05) is 13.6 Å². The largest absolute Gasteiger partial charge is 0.298 e. The molecule has 0 unspecified atom stereocenters. The number of ketones is 2. The molecule has 3 nitrogen and oxygen atoms in total. The van der Waals surface area contributed by atoms with Crippen LogP contribution in [0, 0.1) is 18.8 Å². The quantitative estimate of drug-likeness (QED) is 0.583. The fraction of sp³-hybridized carbons (Fsp3) is 0.231. The highest BCUT2D eigenvalue weighted by Gasteiger charge is 2.48. The first kappa shape index (κ1) is 19.3. The predicted molar refractivity (Wildman–Crippen MR) is 115 cm³/mol. The van der Waals surface area contributed by atoms with Crippen molar-refractivity contribution in [1.29, 1.82) is 0 Å². The van der Waals surface area contributed by atoms with Crippen LogP contribution in [0.1, 0.15) is 37.9 Å². The van der Waals surface area contributed by atoms with Crippen LogP contribution in [0.3, 0.4) is 0 Å². The van der Waals surface area contributed by atoms with Gasteiger partial charge in [-0.15, -0.1) is 0 Å². The molecule has 0 radical (unpaired) electrons. The van der Waals surface area contributed by atoms with Crippen molar-refractivity contribution in [2.45, 2.75) is 13.0 Å². The van der Waals surface area contributed by atoms with Crippen LogP contribution in [0.5, 0.6) is 0 Å². The third kappa shape index (κ3) is 3.79. The minimum Gasteiger partial charge on any atom is -0.298 e. The summed E-state index contributed by atoms with van der Waals surface area (Å²) in [6, 6.07) is 26.8. The average molecular weight is 383 g/mol. The van der Waals surface area contributed by atoms with E-state index in [4.69, 9.17) is 0 Å². The van der Waals surface area contributed by atoms with E-state index in [-0.39, 0.29) is 23.5 Å². The minimum atomic E-state index is -0.419. The van der Waals surface area contributed by atoms with Gasteiger partial charge in [-0.05, 0) is 19.5 Å². The van der Waals surface area contributed by atoms with E-state index in [1.165, 1.54) is 5.56 Å². The minimum absolute atomic E-state index is 0.0369. The Bertz CT molecular complexity index is 996. The SMILES string of the molecule is Cc1ccc([C@@H]2[C@@H](C(=O)c3ccccc3)[C@@H](C(=O)c3ccccc3)CN2C)cc1. The first-order chi connectivity index (χ1) is 14.1. The summed E-state index contributed by atoms with van der Waals surface area (Å²) in [6.45, 7) is 2.62. The maximum Gasteiger partial charge on any atom is 0.168 e. The number of likely N-dealkylation sites (tertiary alicyclic amines) is 1. The second-order valence-corrected chi connectivity index (χ2v) is 7.89. The number of hydrogen-bond acceptors (Lipinski definition) is 3. The molecule has 1 heterocycles. The van der Waals surface area contributed by atoms with Crippen molar-refractivity contribution in [3.05, 3.63) is 107 Å². The van der Waals surface area contributed by atoms with Crippen LogP contribution in [0.4, 0.5) is 0 Å². The molecule has 1 saturated heterocycles. The van der Waals surface area contributed by atoms with Gasteiger partial charge in [0.2, 0.25) is 0 Å². The van der Waals surface area contributed by atoms with Gasteiger partial charge in [-0.25, -0.2) is 0 Å². The maximum atomic E-state index is 13.6. The van der Waals surface area contributed by atoms with Crippen LogP contribution < -0.4 is 0 Å². The molecule has 0 amide bonds. The monoisotopic (exact) mass is 383 g/mol. The van der Waals surface area contributed by atoms with Gasteiger partial charge >= 0.3 is 0 Å². The molecule has 3 atom stereocenters. The van der Waals surface area contributed by atoms with E-state index in [9.17, 15) is 9.59 Å². The van der Waals surface area contributed by atoms with E-state index in [0.29, 0.717) is 17.7 Å². The highest BCUT2D eigenvalue weighted by molar-refractivity contribution is 6.05. The highest BCUT2D eigenvalue weighted by Crippen LogP contribution is 2.43. The number of Topliss-reactive ketones (excluding diaryl/α,β-unsaturated/α-hetero) is 2. The number of nitrogens with zero attached hydrogens (tertiary/aromatic N) is 1. The van der Waals surface area contributed by atoms with Gasteiger partial charge in [0.15, 0.2) is 11.6 Å². The van der Waals surface area contributed by atoms with Crippen LogP contribution in [0.2, 0.25) is 0 Å². The zero-order chi connectivity index (χ0) is 20.4. The zero-order valence-electron chi connectivity index (χ0n) is 16.8. The molecule has 3 heteroatoms. The smallest absolute Gasteiger partial charge is 0.168 e. The third-order valence-electron chi connectivity index (χ3n) is 5.91. The van der Waals surface area contributed by atoms with Crippen LogP contribution >= 0.6 is 0 Å². The van der Waals surface area contributed by atoms with E-state index < -0.39 is 5.92 Å². The van der Waals surface area contributed by atoms with E-state index in [0.717, 1.165) is 5.56 Å². The Morgan fingerprint density at radius 3 is 1.83 bits per heavy atom. The second-order valence-electron chi connectivity index (χ2n) is 7.89. The van der Waals surface area contributed by atoms with Gasteiger partial charge in [-0.1, -0.05) is 90.5 Å². The van der Waals surface area contributed by atoms with Crippen molar-refractivity contribution in [2.24, 2.45) is 11.8 Å². The van der Waals surface area contributed by atoms with E-state index in [2.05, 4.69) is 36.1 Å². The molecule has 29 heavy (non-hydrogen) atoms. The van der Waals surface area contributed by atoms with E-state index in [1.807, 2.05) is 67.7 Å². The van der Waals surface area contributed by atoms with Crippen molar-refractivity contribution in [1.82, 2.24) is 4.90 Å². The Kier molecular flexibility index (Phi) is 5.41. The highest BCUT2D eigenvalue weighted by atomic mass is 16.1. The van der Waals surface area contributed by atoms with Crippen molar-refractivity contribution < 1.29 is 9.59 Å². The molecule has 0 saturated carbocycles. The average Bonchev–Trinajstić information content (AvgIpc) is 3.11. The summed E-state index contributed by atoms with van der Waals surface area (Å²) in [5.74, 6) is -0.713. The molecule has 3 aromatic carbocycles. The molecule has 0 N–H and O–H groups in total. The van der Waals surface area contributed by atoms with Crippen LogP contribution in [0.15, 0.2) is 84.9 Å². The van der Waals surface area contributed by atoms with Gasteiger partial charge in [0, 0.05) is 29.6 Å². The predicted octanol–water partition coefficient (Wildman–Crippen LogP) is 4.98. The number of rotatable bonds is 5. The standard InChI is InChI=1S/C26H25NO2/c1-18-13-15-19(16-14-18)24-23(26(29)21-11-7-4-8-12-21)22(17-27(24)2)25(28)20-9-5-3-6-10-20/h3-16,22-24H,17H2,1-2H3/t22-,23-,24+/m0/s1. The molecule has 0 aromatic heterocycles. The molecular weight excluding hydrogens is 358 g/mol. The first-order valence-electron chi connectivity index (χ1n) is 10.0. The lowest BCUT2D eigenvalue weighted by Crippen LogP contribution is -2.30. The number of aryl methyl sites for hydroxylation is 1. The van der Waals surface area contributed by atoms with Crippen molar-refractivity contribution >= 4 is 11.6 Å². The molecule has 1 fully saturated rings. The molecule has 146 valence electrons. The number of carbonyl (C=O) groups excluding carboxylic acids is 2. The molecule has 1 aliphatic heterocycles. The second kappa shape index (κ2) is 8.14. The Hall–Kier alpha value is -3.04. The lowest BCUT2D eigenvalue weighted by atomic mass is 9.78. The van der Waals surface area contributed by atoms with Crippen molar-refractivity contribution in [3.63, 3.8) is 0 Å². The Labute approximate surface area is 172 Å². The van der Waals surface area contributed by atoms with Gasteiger partial charge in [0.25, 0.3) is 0 Å². The lowest BCUT2D eigenvalue weighted by molar-refractivity contribution is 0.0785. The Balaban J connectivity index is 1.77. The fourth-order valence-corrected chi connectivity index (χ4v) is 4.44. The molecular formula is C26H25NO2. The Morgan fingerprint density at radius 1 is 0.759 bits per heavy atom. The van der Waals surface area contributed by atoms with Crippen LogP contribution in [-0.4, -0.2) is 30.1 Å². The van der Waals surface area contributed by atoms with Gasteiger partial charge in [-0.3, -0.25) is 14.5 Å². The summed E-state index contributed by atoms with van der Waals surface area (Å²) < 4.78 is 0. The summed E-state index contributed by atoms with van der Waals surface area (Å²) in [6.07, 6.45) is 0. The van der Waals surface area contributed by atoms with Gasteiger partial charge in [0.05, 0.1) is 5.92 Å². The molecule has 4 rings (SSSR count). The molecule has 0 bridgehead atoms. The summed E-state index contributed by atoms with van der Waals surface area (Å²) >= 11 is 0. The summed E-state index contributed by atoms with van der Waals surface area (Å²) in [7, 11) is 2.01. The third-order valence-corrected chi connectivity index (χ3v) is 5.91. The summed E-state index contributed by atoms with van der Waals surface area (Å²) in [5.41, 5.74) is 3.59. The normalized spacial score (nSPS) is 21.8. The Morgan fingerprint density at radius 2 is 1.28 bits per heavy atom. The number of hydrogen-bond donors (Lipinski definition) is 0. The molecule has 3 aromatic rings. The zero-order valence-corrected chi connectivity index (χ0v) is 16.8. The number of carbonyl (C=O) groups is 2. The number of benzene rings is 3. The lowest BCUT2D eigenvalue weighted by Gasteiger charge is -2.26. The first-order valence-corrected chi connectivity index (χ1v) is 10.0.